The number of nitro benzene ring substituents is 1. The maximum absolute atomic E-state index is 15.2. The molecule has 0 saturated heterocycles. The summed E-state index contributed by atoms with van der Waals surface area (Å²) in [6, 6.07) is 7.15. The molecule has 4 rings (SSSR count). The number of nitrogens with one attached hydrogen (secondary N) is 3. The van der Waals surface area contributed by atoms with E-state index in [-0.39, 0.29) is 5.82 Å². The van der Waals surface area contributed by atoms with Gasteiger partial charge in [-0.15, -0.1) is 0 Å². The molecule has 10 heteroatoms. The number of aromatic nitrogens is 2. The summed E-state index contributed by atoms with van der Waals surface area (Å²) in [4.78, 5) is 10.5. The lowest BCUT2D eigenvalue weighted by Gasteiger charge is -2.18. The minimum absolute atomic E-state index is 0.197. The van der Waals surface area contributed by atoms with Crippen LogP contribution in [0.4, 0.5) is 36.1 Å². The van der Waals surface area contributed by atoms with Crippen LogP contribution in [-0.2, 0) is 0 Å². The normalized spacial score (nSPS) is 14.4. The second-order valence-electron chi connectivity index (χ2n) is 7.22. The van der Waals surface area contributed by atoms with Crippen LogP contribution in [0.15, 0.2) is 36.4 Å². The summed E-state index contributed by atoms with van der Waals surface area (Å²) in [5, 5.41) is 23.5. The molecule has 1 aliphatic carbocycles. The van der Waals surface area contributed by atoms with Crippen molar-refractivity contribution in [3.8, 4) is 0 Å². The topological polar surface area (TPSA) is 95.9 Å². The van der Waals surface area contributed by atoms with E-state index in [1.165, 1.54) is 24.3 Å². The van der Waals surface area contributed by atoms with Gasteiger partial charge in [0.05, 0.1) is 11.0 Å². The fourth-order valence-electron chi connectivity index (χ4n) is 3.19. The first-order chi connectivity index (χ1) is 14.3. The van der Waals surface area contributed by atoms with Gasteiger partial charge >= 0.3 is 0 Å². The van der Waals surface area contributed by atoms with Crippen LogP contribution in [0.3, 0.4) is 0 Å². The van der Waals surface area contributed by atoms with E-state index < -0.39 is 45.5 Å². The van der Waals surface area contributed by atoms with E-state index in [0.29, 0.717) is 17.5 Å². The number of anilines is 3. The van der Waals surface area contributed by atoms with E-state index in [1.807, 2.05) is 0 Å². The van der Waals surface area contributed by atoms with Gasteiger partial charge in [0.25, 0.3) is 5.69 Å². The summed E-state index contributed by atoms with van der Waals surface area (Å²) in [6.45, 7) is 1.64. The molecule has 0 unspecified atom stereocenters. The molecule has 1 saturated carbocycles. The molecule has 0 radical (unpaired) electrons. The minimum atomic E-state index is -1.15. The van der Waals surface area contributed by atoms with Gasteiger partial charge in [0, 0.05) is 23.7 Å². The first-order valence-corrected chi connectivity index (χ1v) is 9.34. The van der Waals surface area contributed by atoms with Gasteiger partial charge in [0.1, 0.15) is 11.5 Å². The number of H-pyrrole nitrogens is 1. The van der Waals surface area contributed by atoms with E-state index in [4.69, 9.17) is 0 Å². The van der Waals surface area contributed by atoms with Crippen LogP contribution in [0.1, 0.15) is 43.0 Å². The van der Waals surface area contributed by atoms with E-state index in [2.05, 4.69) is 20.8 Å². The summed E-state index contributed by atoms with van der Waals surface area (Å²) in [6.07, 6.45) is 2.03. The third kappa shape index (κ3) is 3.93. The molecule has 7 nitrogen and oxygen atoms in total. The first-order valence-electron chi connectivity index (χ1n) is 9.34. The Balaban J connectivity index is 1.67. The van der Waals surface area contributed by atoms with Gasteiger partial charge in [-0.25, -0.2) is 13.2 Å². The lowest BCUT2D eigenvalue weighted by atomic mass is 10.1. The Morgan fingerprint density at radius 2 is 1.87 bits per heavy atom. The van der Waals surface area contributed by atoms with Crippen LogP contribution in [0.2, 0.25) is 0 Å². The van der Waals surface area contributed by atoms with Gasteiger partial charge in [-0.2, -0.15) is 5.10 Å². The van der Waals surface area contributed by atoms with Crippen molar-refractivity contribution in [2.75, 3.05) is 10.6 Å². The second kappa shape index (κ2) is 7.69. The van der Waals surface area contributed by atoms with Gasteiger partial charge in [0.2, 0.25) is 0 Å². The van der Waals surface area contributed by atoms with Gasteiger partial charge in [0.15, 0.2) is 23.1 Å². The number of rotatable bonds is 7. The Morgan fingerprint density at radius 1 is 1.17 bits per heavy atom. The van der Waals surface area contributed by atoms with Crippen molar-refractivity contribution in [3.63, 3.8) is 0 Å². The fourth-order valence-corrected chi connectivity index (χ4v) is 3.19. The van der Waals surface area contributed by atoms with Crippen molar-refractivity contribution in [3.05, 3.63) is 75.2 Å². The lowest BCUT2D eigenvalue weighted by Crippen LogP contribution is -2.12. The van der Waals surface area contributed by atoms with Crippen molar-refractivity contribution < 1.29 is 18.1 Å². The van der Waals surface area contributed by atoms with Crippen molar-refractivity contribution in [2.24, 2.45) is 0 Å². The quantitative estimate of drug-likeness (QED) is 0.347. The number of hydrogen-bond donors (Lipinski definition) is 3. The average molecular weight is 417 g/mol. The van der Waals surface area contributed by atoms with E-state index in [9.17, 15) is 18.9 Å². The molecule has 0 bridgehead atoms. The van der Waals surface area contributed by atoms with Crippen molar-refractivity contribution in [1.82, 2.24) is 10.2 Å². The predicted molar refractivity (Wildman–Crippen MR) is 105 cm³/mol. The smallest absolute Gasteiger partial charge is 0.298 e. The molecule has 30 heavy (non-hydrogen) atoms. The van der Waals surface area contributed by atoms with Gasteiger partial charge in [-0.05, 0) is 37.5 Å². The minimum Gasteiger partial charge on any atom is -0.374 e. The van der Waals surface area contributed by atoms with Crippen LogP contribution in [0.5, 0.6) is 0 Å². The predicted octanol–water partition coefficient (Wildman–Crippen LogP) is 5.53. The van der Waals surface area contributed by atoms with Crippen molar-refractivity contribution in [1.29, 1.82) is 0 Å². The van der Waals surface area contributed by atoms with Crippen LogP contribution in [-0.4, -0.2) is 15.1 Å². The third-order valence-electron chi connectivity index (χ3n) is 4.99. The standard InChI is InChI=1S/C20H18F3N5O2/c1-10(11-4-6-13(21)7-5-11)24-19-14(22)8-16(28(29)30)20(18(19)23)25-17-9-15(26-27-17)12-2-3-12/h4-10,12,24H,2-3H2,1H3,(H2,25,26,27)/t10-/m0/s1. The third-order valence-corrected chi connectivity index (χ3v) is 4.99. The maximum atomic E-state index is 15.2. The summed E-state index contributed by atoms with van der Waals surface area (Å²) in [7, 11) is 0. The molecule has 156 valence electrons. The molecule has 0 spiro atoms. The van der Waals surface area contributed by atoms with Crippen molar-refractivity contribution >= 4 is 22.9 Å². The molecule has 0 amide bonds. The summed E-state index contributed by atoms with van der Waals surface area (Å²) in [5.74, 6) is -2.14. The SMILES string of the molecule is C[C@H](Nc1c(F)cc([N+](=O)[O-])c(Nc2cc(C3CC3)[nH]n2)c1F)c1ccc(F)cc1. The summed E-state index contributed by atoms with van der Waals surface area (Å²) >= 11 is 0. The molecule has 3 aromatic rings. The number of benzene rings is 2. The molecule has 1 fully saturated rings. The first kappa shape index (κ1) is 19.7. The molecular weight excluding hydrogens is 399 g/mol. The number of aromatic amines is 1. The Bertz CT molecular complexity index is 1100. The highest BCUT2D eigenvalue weighted by Crippen LogP contribution is 2.41. The zero-order valence-electron chi connectivity index (χ0n) is 15.9. The van der Waals surface area contributed by atoms with E-state index in [0.717, 1.165) is 18.5 Å². The zero-order valence-corrected chi connectivity index (χ0v) is 15.9. The van der Waals surface area contributed by atoms with Gasteiger partial charge in [-0.1, -0.05) is 12.1 Å². The van der Waals surface area contributed by atoms with Crippen LogP contribution < -0.4 is 10.6 Å². The van der Waals surface area contributed by atoms with Crippen LogP contribution in [0, 0.1) is 27.6 Å². The summed E-state index contributed by atoms with van der Waals surface area (Å²) in [5.41, 5.74) is -0.335. The van der Waals surface area contributed by atoms with Gasteiger partial charge < -0.3 is 10.6 Å². The van der Waals surface area contributed by atoms with Crippen molar-refractivity contribution in [2.45, 2.75) is 31.7 Å². The highest BCUT2D eigenvalue weighted by atomic mass is 19.1. The zero-order chi connectivity index (χ0) is 21.4. The van der Waals surface area contributed by atoms with Crippen LogP contribution in [0.25, 0.3) is 0 Å². The number of nitrogens with zero attached hydrogens (tertiary/aromatic N) is 2. The summed E-state index contributed by atoms with van der Waals surface area (Å²) < 4.78 is 42.8. The number of nitro groups is 1. The molecule has 0 aliphatic heterocycles. The lowest BCUT2D eigenvalue weighted by molar-refractivity contribution is -0.384. The fraction of sp³-hybridized carbons (Fsp3) is 0.250. The number of hydrogen-bond acceptors (Lipinski definition) is 5. The van der Waals surface area contributed by atoms with E-state index in [1.54, 1.807) is 13.0 Å². The molecule has 2 aromatic carbocycles. The molecule has 3 N–H and O–H groups in total. The van der Waals surface area contributed by atoms with E-state index >= 15 is 4.39 Å². The Kier molecular flexibility index (Phi) is 5.06. The molecule has 1 aliphatic rings. The maximum Gasteiger partial charge on any atom is 0.298 e. The number of halogens is 3. The van der Waals surface area contributed by atoms with Crippen LogP contribution >= 0.6 is 0 Å². The Hall–Kier alpha value is -3.56. The second-order valence-corrected chi connectivity index (χ2v) is 7.22. The largest absolute Gasteiger partial charge is 0.374 e. The molecule has 1 heterocycles. The molecule has 1 aromatic heterocycles. The Morgan fingerprint density at radius 3 is 2.50 bits per heavy atom. The highest BCUT2D eigenvalue weighted by Gasteiger charge is 2.29. The monoisotopic (exact) mass is 417 g/mol. The Labute approximate surface area is 169 Å². The van der Waals surface area contributed by atoms with Gasteiger partial charge in [-0.3, -0.25) is 15.2 Å². The average Bonchev–Trinajstić information content (AvgIpc) is 3.46. The highest BCUT2D eigenvalue weighted by molar-refractivity contribution is 5.74. The molecule has 1 atom stereocenters. The molecular formula is C20H18F3N5O2.